The Balaban J connectivity index is 4.39. The lowest BCUT2D eigenvalue weighted by molar-refractivity contribution is -0.163. The van der Waals surface area contributed by atoms with Crippen LogP contribution in [-0.2, 0) is 23.8 Å². The van der Waals surface area contributed by atoms with Crippen molar-refractivity contribution >= 4 is 11.9 Å². The van der Waals surface area contributed by atoms with Gasteiger partial charge in [-0.3, -0.25) is 9.59 Å². The minimum absolute atomic E-state index is 0.0558. The van der Waals surface area contributed by atoms with Crippen LogP contribution in [-0.4, -0.2) is 37.9 Å². The molecule has 0 aliphatic heterocycles. The fourth-order valence-corrected chi connectivity index (χ4v) is 7.85. The Morgan fingerprint density at radius 2 is 0.662 bits per heavy atom. The number of esters is 2. The second-order valence-corrected chi connectivity index (χ2v) is 18.8. The average Bonchev–Trinajstić information content (AvgIpc) is 3.34. The van der Waals surface area contributed by atoms with Crippen molar-refractivity contribution in [3.8, 4) is 0 Å². The second-order valence-electron chi connectivity index (χ2n) is 18.8. The van der Waals surface area contributed by atoms with Crippen molar-refractivity contribution in [2.75, 3.05) is 19.8 Å². The van der Waals surface area contributed by atoms with Crippen molar-refractivity contribution in [2.45, 2.75) is 271 Å². The Kier molecular flexibility index (Phi) is 55.4. The first-order chi connectivity index (χ1) is 33.6. The minimum Gasteiger partial charge on any atom is -0.462 e. The highest BCUT2D eigenvalue weighted by Crippen LogP contribution is 2.15. The maximum atomic E-state index is 12.9. The van der Waals surface area contributed by atoms with Gasteiger partial charge < -0.3 is 14.2 Å². The quantitative estimate of drug-likeness (QED) is 0.0345. The van der Waals surface area contributed by atoms with Crippen LogP contribution in [0.25, 0.3) is 0 Å². The molecule has 0 saturated heterocycles. The SMILES string of the molecule is CC/C=C\C/C=C\C/C=C\C/C=C\C/C=C\C/C=C\CCCOCC(COC(=O)CCCCCCCCC/C=C\C/C=C\CCCCC)OC(=O)CCCCCCCCCCCCCCCCC. The van der Waals surface area contributed by atoms with E-state index in [-0.39, 0.29) is 25.2 Å². The van der Waals surface area contributed by atoms with Crippen molar-refractivity contribution < 1.29 is 23.8 Å². The third kappa shape index (κ3) is 55.4. The highest BCUT2D eigenvalue weighted by atomic mass is 16.6. The molecule has 0 N–H and O–H groups in total. The Morgan fingerprint density at radius 1 is 0.338 bits per heavy atom. The van der Waals surface area contributed by atoms with Gasteiger partial charge in [-0.2, -0.15) is 0 Å². The molecule has 5 heteroatoms. The molecule has 0 aromatic heterocycles. The standard InChI is InChI=1S/C63H108O5/c1-4-7-10-13-16-19-22-25-28-30-31-32-34-37-40-43-46-49-52-55-58-66-59-61(68-63(65)57-54-51-48-45-42-39-35-27-24-21-18-15-12-9-6-3)60-67-62(64)56-53-50-47-44-41-38-36-33-29-26-23-20-17-14-11-8-5-2/h7,10,16-17,19-20,25-26,28-29,31-32,37,40,46,49,61H,4-6,8-9,11-15,18,21-24,27,30,33-36,38-39,41-45,47-48,50-60H2,1-3H3/b10-7-,19-16-,20-17-,28-25-,29-26-,32-31-,40-37-,49-46-. The third-order valence-electron chi connectivity index (χ3n) is 12.1. The Labute approximate surface area is 422 Å². The van der Waals surface area contributed by atoms with E-state index in [1.807, 2.05) is 0 Å². The second kappa shape index (κ2) is 58.1. The molecule has 5 nitrogen and oxygen atoms in total. The van der Waals surface area contributed by atoms with Gasteiger partial charge in [0.2, 0.25) is 0 Å². The average molecular weight is 946 g/mol. The molecule has 0 aliphatic carbocycles. The minimum atomic E-state index is -0.574. The van der Waals surface area contributed by atoms with E-state index in [4.69, 9.17) is 14.2 Å². The van der Waals surface area contributed by atoms with Gasteiger partial charge in [0.05, 0.1) is 6.61 Å². The van der Waals surface area contributed by atoms with Crippen LogP contribution in [0.1, 0.15) is 265 Å². The van der Waals surface area contributed by atoms with Gasteiger partial charge >= 0.3 is 11.9 Å². The maximum Gasteiger partial charge on any atom is 0.306 e. The van der Waals surface area contributed by atoms with Gasteiger partial charge in [-0.25, -0.2) is 0 Å². The topological polar surface area (TPSA) is 61.8 Å². The highest BCUT2D eigenvalue weighted by Gasteiger charge is 2.17. The predicted octanol–water partition coefficient (Wildman–Crippen LogP) is 19.8. The van der Waals surface area contributed by atoms with E-state index in [1.165, 1.54) is 141 Å². The number of rotatable bonds is 52. The molecule has 1 unspecified atom stereocenters. The molecule has 0 aromatic carbocycles. The van der Waals surface area contributed by atoms with Gasteiger partial charge in [0.25, 0.3) is 0 Å². The molecule has 0 rings (SSSR count). The van der Waals surface area contributed by atoms with Crippen LogP contribution in [0.2, 0.25) is 0 Å². The molecule has 390 valence electrons. The van der Waals surface area contributed by atoms with Gasteiger partial charge in [0, 0.05) is 19.4 Å². The molecular weight excluding hydrogens is 837 g/mol. The van der Waals surface area contributed by atoms with Crippen LogP contribution in [0.5, 0.6) is 0 Å². The molecule has 0 heterocycles. The Bertz CT molecular complexity index is 1300. The number of unbranched alkanes of at least 4 members (excludes halogenated alkanes) is 25. The number of carbonyl (C=O) groups is 2. The number of ether oxygens (including phenoxy) is 3. The fourth-order valence-electron chi connectivity index (χ4n) is 7.85. The first kappa shape index (κ1) is 64.8. The van der Waals surface area contributed by atoms with E-state index in [0.29, 0.717) is 19.4 Å². The smallest absolute Gasteiger partial charge is 0.306 e. The number of hydrogen-bond acceptors (Lipinski definition) is 5. The van der Waals surface area contributed by atoms with Gasteiger partial charge in [-0.15, -0.1) is 0 Å². The molecule has 0 fully saturated rings. The summed E-state index contributed by atoms with van der Waals surface area (Å²) >= 11 is 0. The monoisotopic (exact) mass is 945 g/mol. The summed E-state index contributed by atoms with van der Waals surface area (Å²) in [5.41, 5.74) is 0. The lowest BCUT2D eigenvalue weighted by Crippen LogP contribution is -2.30. The first-order valence-corrected chi connectivity index (χ1v) is 28.8. The largest absolute Gasteiger partial charge is 0.462 e. The molecule has 0 amide bonds. The molecule has 0 bridgehead atoms. The molecule has 0 aliphatic rings. The van der Waals surface area contributed by atoms with E-state index >= 15 is 0 Å². The number of allylic oxidation sites excluding steroid dienone is 16. The van der Waals surface area contributed by atoms with Crippen LogP contribution in [0, 0.1) is 0 Å². The molecule has 0 spiro atoms. The molecule has 68 heavy (non-hydrogen) atoms. The normalized spacial score (nSPS) is 12.9. The summed E-state index contributed by atoms with van der Waals surface area (Å²) in [6.45, 7) is 7.56. The summed E-state index contributed by atoms with van der Waals surface area (Å²) in [4.78, 5) is 25.5. The van der Waals surface area contributed by atoms with Crippen LogP contribution >= 0.6 is 0 Å². The summed E-state index contributed by atoms with van der Waals surface area (Å²) in [6, 6.07) is 0. The van der Waals surface area contributed by atoms with Gasteiger partial charge in [0.1, 0.15) is 6.61 Å². The lowest BCUT2D eigenvalue weighted by atomic mass is 10.0. The fraction of sp³-hybridized carbons (Fsp3) is 0.714. The van der Waals surface area contributed by atoms with Crippen molar-refractivity contribution in [3.63, 3.8) is 0 Å². The van der Waals surface area contributed by atoms with Crippen LogP contribution in [0.3, 0.4) is 0 Å². The van der Waals surface area contributed by atoms with E-state index in [1.54, 1.807) is 0 Å². The van der Waals surface area contributed by atoms with Crippen LogP contribution in [0.15, 0.2) is 97.2 Å². The molecule has 1 atom stereocenters. The molecular formula is C63H108O5. The van der Waals surface area contributed by atoms with E-state index in [2.05, 4.69) is 118 Å². The van der Waals surface area contributed by atoms with E-state index < -0.39 is 6.10 Å². The summed E-state index contributed by atoms with van der Waals surface area (Å²) in [5.74, 6) is -0.433. The van der Waals surface area contributed by atoms with Crippen LogP contribution < -0.4 is 0 Å². The molecule has 0 aromatic rings. The maximum absolute atomic E-state index is 12.9. The van der Waals surface area contributed by atoms with Crippen molar-refractivity contribution in [1.29, 1.82) is 0 Å². The Hall–Kier alpha value is -3.18. The first-order valence-electron chi connectivity index (χ1n) is 28.8. The lowest BCUT2D eigenvalue weighted by Gasteiger charge is -2.18. The highest BCUT2D eigenvalue weighted by molar-refractivity contribution is 5.70. The summed E-state index contributed by atoms with van der Waals surface area (Å²) in [7, 11) is 0. The van der Waals surface area contributed by atoms with Crippen LogP contribution in [0.4, 0.5) is 0 Å². The Morgan fingerprint density at radius 3 is 1.09 bits per heavy atom. The van der Waals surface area contributed by atoms with Gasteiger partial charge in [-0.05, 0) is 96.3 Å². The van der Waals surface area contributed by atoms with Crippen molar-refractivity contribution in [2.24, 2.45) is 0 Å². The summed E-state index contributed by atoms with van der Waals surface area (Å²) in [5, 5.41) is 0. The number of carbonyl (C=O) groups excluding carboxylic acids is 2. The van der Waals surface area contributed by atoms with Gasteiger partial charge in [-0.1, -0.05) is 253 Å². The number of hydrogen-bond donors (Lipinski definition) is 0. The molecule has 0 radical (unpaired) electrons. The van der Waals surface area contributed by atoms with Crippen molar-refractivity contribution in [1.82, 2.24) is 0 Å². The zero-order valence-corrected chi connectivity index (χ0v) is 44.8. The van der Waals surface area contributed by atoms with Gasteiger partial charge in [0.15, 0.2) is 6.10 Å². The summed E-state index contributed by atoms with van der Waals surface area (Å²) in [6.07, 6.45) is 78.6. The molecule has 0 saturated carbocycles. The predicted molar refractivity (Wildman–Crippen MR) is 297 cm³/mol. The third-order valence-corrected chi connectivity index (χ3v) is 12.1. The van der Waals surface area contributed by atoms with Crippen molar-refractivity contribution in [3.05, 3.63) is 97.2 Å². The summed E-state index contributed by atoms with van der Waals surface area (Å²) < 4.78 is 17.4. The zero-order chi connectivity index (χ0) is 49.2. The van der Waals surface area contributed by atoms with E-state index in [0.717, 1.165) is 89.9 Å². The zero-order valence-electron chi connectivity index (χ0n) is 44.8. The van der Waals surface area contributed by atoms with E-state index in [9.17, 15) is 9.59 Å².